The smallest absolute Gasteiger partial charge is 0.251 e. The van der Waals surface area contributed by atoms with Gasteiger partial charge < -0.3 is 15.5 Å². The van der Waals surface area contributed by atoms with Crippen LogP contribution in [-0.2, 0) is 17.6 Å². The number of thiophene rings is 1. The number of hydrogen-bond donors (Lipinski definition) is 3. The van der Waals surface area contributed by atoms with E-state index < -0.39 is 5.91 Å². The van der Waals surface area contributed by atoms with E-state index in [1.54, 1.807) is 6.26 Å². The van der Waals surface area contributed by atoms with Crippen molar-refractivity contribution < 1.29 is 14.0 Å². The Balaban J connectivity index is 1.66. The molecule has 0 fully saturated rings. The van der Waals surface area contributed by atoms with Gasteiger partial charge in [-0.25, -0.2) is 0 Å². The molecule has 24 heavy (non-hydrogen) atoms. The van der Waals surface area contributed by atoms with Crippen LogP contribution in [0.1, 0.15) is 52.4 Å². The van der Waals surface area contributed by atoms with Crippen LogP contribution in [0, 0.1) is 0 Å². The minimum Gasteiger partial charge on any atom is -0.468 e. The molecule has 2 aromatic heterocycles. The highest BCUT2D eigenvalue weighted by molar-refractivity contribution is 7.17. The molecule has 0 spiro atoms. The van der Waals surface area contributed by atoms with Crippen molar-refractivity contribution in [3.8, 4) is 0 Å². The fourth-order valence-corrected chi connectivity index (χ4v) is 4.28. The van der Waals surface area contributed by atoms with E-state index in [-0.39, 0.29) is 18.5 Å². The number of carbonyl (C=O) groups excluding carboxylic acids is 2. The summed E-state index contributed by atoms with van der Waals surface area (Å²) in [6, 6.07) is 3.59. The molecule has 0 aliphatic heterocycles. The van der Waals surface area contributed by atoms with Gasteiger partial charge in [0.25, 0.3) is 5.91 Å². The maximum Gasteiger partial charge on any atom is 0.251 e. The molecule has 128 valence electrons. The molecule has 3 rings (SSSR count). The van der Waals surface area contributed by atoms with Gasteiger partial charge in [0.1, 0.15) is 10.8 Å². The Morgan fingerprint density at radius 3 is 2.88 bits per heavy atom. The second kappa shape index (κ2) is 7.19. The first kappa shape index (κ1) is 16.7. The van der Waals surface area contributed by atoms with Crippen molar-refractivity contribution >= 4 is 28.2 Å². The third-order valence-electron chi connectivity index (χ3n) is 4.21. The van der Waals surface area contributed by atoms with Gasteiger partial charge in [0.2, 0.25) is 5.91 Å². The maximum absolute atomic E-state index is 12.2. The monoisotopic (exact) mass is 347 g/mol. The molecular weight excluding hydrogens is 326 g/mol. The molecule has 1 aliphatic rings. The summed E-state index contributed by atoms with van der Waals surface area (Å²) < 4.78 is 5.30. The molecule has 4 N–H and O–H groups in total. The Bertz CT molecular complexity index is 737. The number of furan rings is 1. The predicted molar refractivity (Wildman–Crippen MR) is 93.2 cm³/mol. The first-order valence-electron chi connectivity index (χ1n) is 8.07. The van der Waals surface area contributed by atoms with Gasteiger partial charge in [-0.3, -0.25) is 14.9 Å². The van der Waals surface area contributed by atoms with Crippen molar-refractivity contribution in [1.29, 1.82) is 0 Å². The van der Waals surface area contributed by atoms with Gasteiger partial charge in [-0.1, -0.05) is 0 Å². The van der Waals surface area contributed by atoms with E-state index in [0.717, 1.165) is 37.0 Å². The number of fused-ring (bicyclic) bond motifs is 1. The summed E-state index contributed by atoms with van der Waals surface area (Å²) in [5.41, 5.74) is 7.04. The highest BCUT2D eigenvalue weighted by Crippen LogP contribution is 2.37. The van der Waals surface area contributed by atoms with E-state index in [0.29, 0.717) is 10.6 Å². The van der Waals surface area contributed by atoms with E-state index in [4.69, 9.17) is 10.2 Å². The molecule has 0 saturated carbocycles. The summed E-state index contributed by atoms with van der Waals surface area (Å²) in [6.07, 6.45) is 5.57. The Hall–Kier alpha value is -2.12. The Morgan fingerprint density at radius 1 is 1.38 bits per heavy atom. The fraction of sp³-hybridized carbons (Fsp3) is 0.412. The number of amides is 2. The van der Waals surface area contributed by atoms with Crippen LogP contribution in [0.25, 0.3) is 0 Å². The van der Waals surface area contributed by atoms with E-state index in [1.807, 2.05) is 19.1 Å². The van der Waals surface area contributed by atoms with Crippen molar-refractivity contribution in [1.82, 2.24) is 5.32 Å². The third-order valence-corrected chi connectivity index (χ3v) is 5.42. The molecule has 2 aromatic rings. The molecule has 2 heterocycles. The van der Waals surface area contributed by atoms with Crippen LogP contribution in [0.3, 0.4) is 0 Å². The lowest BCUT2D eigenvalue weighted by Crippen LogP contribution is -2.30. The van der Waals surface area contributed by atoms with Crippen LogP contribution in [0.5, 0.6) is 0 Å². The van der Waals surface area contributed by atoms with Gasteiger partial charge in [0.05, 0.1) is 24.4 Å². The first-order valence-corrected chi connectivity index (χ1v) is 8.89. The highest BCUT2D eigenvalue weighted by atomic mass is 32.1. The molecule has 1 atom stereocenters. The van der Waals surface area contributed by atoms with Gasteiger partial charge in [-0.05, 0) is 50.3 Å². The summed E-state index contributed by atoms with van der Waals surface area (Å²) in [7, 11) is 0. The standard InChI is InChI=1S/C17H21N3O3S/c1-10(12-6-4-8-23-12)19-9-14(21)20-17-15(16(18)22)11-5-2-3-7-13(11)24-17/h4,6,8,10,19H,2-3,5,7,9H2,1H3,(H2,18,22)(H,20,21)/t10-/m1/s1. The molecule has 0 aromatic carbocycles. The topological polar surface area (TPSA) is 97.4 Å². The largest absolute Gasteiger partial charge is 0.468 e. The average molecular weight is 347 g/mol. The Kier molecular flexibility index (Phi) is 5.01. The zero-order valence-electron chi connectivity index (χ0n) is 13.6. The SMILES string of the molecule is C[C@@H](NCC(=O)Nc1sc2c(c1C(N)=O)CCCC2)c1ccco1. The lowest BCUT2D eigenvalue weighted by molar-refractivity contribution is -0.115. The molecule has 0 unspecified atom stereocenters. The number of primary amides is 1. The predicted octanol–water partition coefficient (Wildman–Crippen LogP) is 2.61. The summed E-state index contributed by atoms with van der Waals surface area (Å²) in [5, 5.41) is 6.51. The number of aryl methyl sites for hydroxylation is 1. The van der Waals surface area contributed by atoms with E-state index in [9.17, 15) is 9.59 Å². The average Bonchev–Trinajstić information content (AvgIpc) is 3.19. The van der Waals surface area contributed by atoms with Crippen LogP contribution in [0.4, 0.5) is 5.00 Å². The van der Waals surface area contributed by atoms with E-state index >= 15 is 0 Å². The van der Waals surface area contributed by atoms with Crippen LogP contribution < -0.4 is 16.4 Å². The zero-order valence-corrected chi connectivity index (χ0v) is 14.4. The number of rotatable bonds is 6. The lowest BCUT2D eigenvalue weighted by Gasteiger charge is -2.12. The molecule has 0 saturated heterocycles. The molecule has 0 radical (unpaired) electrons. The van der Waals surface area contributed by atoms with E-state index in [1.165, 1.54) is 16.2 Å². The molecule has 1 aliphatic carbocycles. The second-order valence-electron chi connectivity index (χ2n) is 5.95. The van der Waals surface area contributed by atoms with Crippen molar-refractivity contribution in [3.63, 3.8) is 0 Å². The quantitative estimate of drug-likeness (QED) is 0.748. The summed E-state index contributed by atoms with van der Waals surface area (Å²) in [4.78, 5) is 25.2. The van der Waals surface area contributed by atoms with Crippen molar-refractivity contribution in [2.45, 2.75) is 38.6 Å². The number of hydrogen-bond acceptors (Lipinski definition) is 5. The Labute approximate surface area is 144 Å². The van der Waals surface area contributed by atoms with Crippen molar-refractivity contribution in [2.24, 2.45) is 5.73 Å². The normalized spacial score (nSPS) is 14.9. The van der Waals surface area contributed by atoms with Crippen LogP contribution in [-0.4, -0.2) is 18.4 Å². The zero-order chi connectivity index (χ0) is 17.1. The minimum absolute atomic E-state index is 0.0714. The van der Waals surface area contributed by atoms with Gasteiger partial charge in [-0.2, -0.15) is 0 Å². The third kappa shape index (κ3) is 3.52. The summed E-state index contributed by atoms with van der Waals surface area (Å²) in [6.45, 7) is 2.05. The van der Waals surface area contributed by atoms with Gasteiger partial charge >= 0.3 is 0 Å². The van der Waals surface area contributed by atoms with Crippen molar-refractivity contribution in [2.75, 3.05) is 11.9 Å². The van der Waals surface area contributed by atoms with Crippen LogP contribution in [0.15, 0.2) is 22.8 Å². The first-order chi connectivity index (χ1) is 11.6. The van der Waals surface area contributed by atoms with Gasteiger partial charge in [0.15, 0.2) is 0 Å². The molecular formula is C17H21N3O3S. The number of nitrogens with one attached hydrogen (secondary N) is 2. The molecule has 0 bridgehead atoms. The molecule has 6 nitrogen and oxygen atoms in total. The van der Waals surface area contributed by atoms with E-state index in [2.05, 4.69) is 10.6 Å². The number of carbonyl (C=O) groups is 2. The van der Waals surface area contributed by atoms with Gasteiger partial charge in [0, 0.05) is 4.88 Å². The van der Waals surface area contributed by atoms with Crippen molar-refractivity contribution in [3.05, 3.63) is 40.2 Å². The minimum atomic E-state index is -0.471. The molecule has 7 heteroatoms. The van der Waals surface area contributed by atoms with Gasteiger partial charge in [-0.15, -0.1) is 11.3 Å². The number of anilines is 1. The number of nitrogens with two attached hydrogens (primary N) is 1. The molecule has 2 amide bonds. The maximum atomic E-state index is 12.2. The fourth-order valence-electron chi connectivity index (χ4n) is 2.97. The highest BCUT2D eigenvalue weighted by Gasteiger charge is 2.25. The van der Waals surface area contributed by atoms with Crippen LogP contribution >= 0.6 is 11.3 Å². The van der Waals surface area contributed by atoms with Crippen LogP contribution in [0.2, 0.25) is 0 Å². The summed E-state index contributed by atoms with van der Waals surface area (Å²) in [5.74, 6) is 0.100. The lowest BCUT2D eigenvalue weighted by atomic mass is 9.95. The second-order valence-corrected chi connectivity index (χ2v) is 7.05. The Morgan fingerprint density at radius 2 is 2.17 bits per heavy atom. The summed E-state index contributed by atoms with van der Waals surface area (Å²) >= 11 is 1.47.